The fourth-order valence-electron chi connectivity index (χ4n) is 2.73. The summed E-state index contributed by atoms with van der Waals surface area (Å²) >= 11 is 10.3. The molecule has 1 aliphatic rings. The summed E-state index contributed by atoms with van der Waals surface area (Å²) in [5, 5.41) is 0.758. The summed E-state index contributed by atoms with van der Waals surface area (Å²) in [5.41, 5.74) is 2.70. The van der Waals surface area contributed by atoms with Gasteiger partial charge in [0, 0.05) is 10.4 Å². The fraction of sp³-hybridized carbons (Fsp3) is 0.294. The van der Waals surface area contributed by atoms with E-state index in [2.05, 4.69) is 52.3 Å². The van der Waals surface area contributed by atoms with Crippen molar-refractivity contribution in [2.75, 3.05) is 7.11 Å². The quantitative estimate of drug-likeness (QED) is 0.659. The lowest BCUT2D eigenvalue weighted by molar-refractivity contribution is 0.414. The zero-order valence-electron chi connectivity index (χ0n) is 11.3. The molecule has 2 aromatic carbocycles. The molecule has 1 atom stereocenters. The van der Waals surface area contributed by atoms with Gasteiger partial charge >= 0.3 is 0 Å². The summed E-state index contributed by atoms with van der Waals surface area (Å²) in [6, 6.07) is 16.6. The fourth-order valence-corrected chi connectivity index (χ4v) is 4.26. The molecule has 0 radical (unpaired) electrons. The average molecular weight is 352 g/mol. The normalized spacial score (nSPS) is 17.6. The molecule has 104 valence electrons. The highest BCUT2D eigenvalue weighted by atomic mass is 79.9. The van der Waals surface area contributed by atoms with E-state index in [-0.39, 0.29) is 10.2 Å². The standard InChI is InChI=1S/C17H16BrClO/c1-20-13-7-8-14(15(19)11-13)16(18)17(9-10-17)12-5-3-2-4-6-12/h2-8,11,16H,9-10H2,1H3. The second-order valence-electron chi connectivity index (χ2n) is 5.27. The third kappa shape index (κ3) is 2.36. The lowest BCUT2D eigenvalue weighted by Crippen LogP contribution is -2.14. The Bertz CT molecular complexity index is 608. The average Bonchev–Trinajstić information content (AvgIpc) is 3.29. The molecule has 1 fully saturated rings. The van der Waals surface area contributed by atoms with Gasteiger partial charge in [-0.25, -0.2) is 0 Å². The molecule has 1 saturated carbocycles. The van der Waals surface area contributed by atoms with Crippen LogP contribution in [0, 0.1) is 0 Å². The van der Waals surface area contributed by atoms with Crippen LogP contribution in [0.1, 0.15) is 28.8 Å². The number of benzene rings is 2. The van der Waals surface area contributed by atoms with Gasteiger partial charge in [-0.3, -0.25) is 0 Å². The Kier molecular flexibility index (Phi) is 3.78. The molecule has 0 spiro atoms. The first-order valence-electron chi connectivity index (χ1n) is 6.70. The van der Waals surface area contributed by atoms with Crippen molar-refractivity contribution in [3.8, 4) is 5.75 Å². The van der Waals surface area contributed by atoms with Crippen LogP contribution in [-0.2, 0) is 5.41 Å². The smallest absolute Gasteiger partial charge is 0.120 e. The first kappa shape index (κ1) is 14.0. The number of hydrogen-bond acceptors (Lipinski definition) is 1. The van der Waals surface area contributed by atoms with Crippen LogP contribution >= 0.6 is 27.5 Å². The largest absolute Gasteiger partial charge is 0.497 e. The van der Waals surface area contributed by atoms with Gasteiger partial charge in [-0.05, 0) is 36.1 Å². The van der Waals surface area contributed by atoms with Crippen molar-refractivity contribution in [3.63, 3.8) is 0 Å². The van der Waals surface area contributed by atoms with Crippen molar-refractivity contribution in [1.29, 1.82) is 0 Å². The van der Waals surface area contributed by atoms with Crippen LogP contribution in [0.2, 0.25) is 5.02 Å². The van der Waals surface area contributed by atoms with E-state index < -0.39 is 0 Å². The van der Waals surface area contributed by atoms with E-state index in [1.807, 2.05) is 12.1 Å². The van der Waals surface area contributed by atoms with E-state index in [4.69, 9.17) is 16.3 Å². The van der Waals surface area contributed by atoms with Gasteiger partial charge in [0.25, 0.3) is 0 Å². The van der Waals surface area contributed by atoms with Crippen molar-refractivity contribution >= 4 is 27.5 Å². The van der Waals surface area contributed by atoms with Gasteiger partial charge in [-0.2, -0.15) is 0 Å². The van der Waals surface area contributed by atoms with Gasteiger partial charge in [0.2, 0.25) is 0 Å². The van der Waals surface area contributed by atoms with Gasteiger partial charge < -0.3 is 4.74 Å². The van der Waals surface area contributed by atoms with Crippen molar-refractivity contribution in [2.45, 2.75) is 23.1 Å². The SMILES string of the molecule is COc1ccc(C(Br)C2(c3ccccc3)CC2)c(Cl)c1. The first-order chi connectivity index (χ1) is 9.67. The first-order valence-corrected chi connectivity index (χ1v) is 8.00. The van der Waals surface area contributed by atoms with Crippen molar-refractivity contribution in [3.05, 3.63) is 64.7 Å². The van der Waals surface area contributed by atoms with Gasteiger partial charge in [0.15, 0.2) is 0 Å². The highest BCUT2D eigenvalue weighted by Crippen LogP contribution is 2.60. The molecule has 2 aromatic rings. The van der Waals surface area contributed by atoms with E-state index in [9.17, 15) is 0 Å². The number of ether oxygens (including phenoxy) is 1. The minimum Gasteiger partial charge on any atom is -0.497 e. The molecule has 1 aliphatic carbocycles. The van der Waals surface area contributed by atoms with Gasteiger partial charge in [0.1, 0.15) is 5.75 Å². The minimum absolute atomic E-state index is 0.180. The predicted molar refractivity (Wildman–Crippen MR) is 87.0 cm³/mol. The highest BCUT2D eigenvalue weighted by Gasteiger charge is 2.50. The zero-order valence-corrected chi connectivity index (χ0v) is 13.6. The molecule has 0 aliphatic heterocycles. The Labute approximate surface area is 133 Å². The van der Waals surface area contributed by atoms with Gasteiger partial charge in [0.05, 0.1) is 11.9 Å². The summed E-state index contributed by atoms with van der Waals surface area (Å²) in [7, 11) is 1.66. The van der Waals surface area contributed by atoms with Crippen LogP contribution in [0.15, 0.2) is 48.5 Å². The molecule has 1 unspecified atom stereocenters. The lowest BCUT2D eigenvalue weighted by atomic mass is 9.89. The number of methoxy groups -OCH3 is 1. The molecule has 0 aromatic heterocycles. The third-order valence-electron chi connectivity index (χ3n) is 4.10. The van der Waals surface area contributed by atoms with Crippen molar-refractivity contribution in [1.82, 2.24) is 0 Å². The second kappa shape index (κ2) is 5.42. The lowest BCUT2D eigenvalue weighted by Gasteiger charge is -2.24. The topological polar surface area (TPSA) is 9.23 Å². The molecule has 3 rings (SSSR count). The summed E-state index contributed by atoms with van der Waals surface area (Å²) < 4.78 is 5.22. The molecule has 0 heterocycles. The van der Waals surface area contributed by atoms with E-state index in [1.165, 1.54) is 18.4 Å². The molecule has 3 heteroatoms. The molecule has 0 saturated heterocycles. The highest BCUT2D eigenvalue weighted by molar-refractivity contribution is 9.09. The van der Waals surface area contributed by atoms with Gasteiger partial charge in [-0.15, -0.1) is 0 Å². The molecule has 0 bridgehead atoms. The predicted octanol–water partition coefficient (Wildman–Crippen LogP) is 5.52. The molecule has 0 N–H and O–H groups in total. The van der Waals surface area contributed by atoms with Crippen molar-refractivity contribution < 1.29 is 4.74 Å². The maximum Gasteiger partial charge on any atom is 0.120 e. The summed E-state index contributed by atoms with van der Waals surface area (Å²) in [5.74, 6) is 0.794. The summed E-state index contributed by atoms with van der Waals surface area (Å²) in [6.45, 7) is 0. The van der Waals surface area contributed by atoms with E-state index in [0.717, 1.165) is 16.3 Å². The Morgan fingerprint density at radius 3 is 2.40 bits per heavy atom. The van der Waals surface area contributed by atoms with Crippen molar-refractivity contribution in [2.24, 2.45) is 0 Å². The van der Waals surface area contributed by atoms with E-state index in [1.54, 1.807) is 7.11 Å². The Morgan fingerprint density at radius 2 is 1.85 bits per heavy atom. The summed E-state index contributed by atoms with van der Waals surface area (Å²) in [4.78, 5) is 0.232. The number of halogens is 2. The molecular weight excluding hydrogens is 336 g/mol. The molecule has 20 heavy (non-hydrogen) atoms. The maximum absolute atomic E-state index is 6.41. The minimum atomic E-state index is 0.180. The van der Waals surface area contributed by atoms with Crippen LogP contribution in [0.25, 0.3) is 0 Å². The van der Waals surface area contributed by atoms with Crippen LogP contribution < -0.4 is 4.74 Å². The van der Waals surface area contributed by atoms with Crippen LogP contribution in [0.5, 0.6) is 5.75 Å². The zero-order chi connectivity index (χ0) is 14.2. The number of rotatable bonds is 4. The number of hydrogen-bond donors (Lipinski definition) is 0. The Hall–Kier alpha value is -0.990. The molecular formula is C17H16BrClO. The van der Waals surface area contributed by atoms with Gasteiger partial charge in [-0.1, -0.05) is 63.9 Å². The Morgan fingerprint density at radius 1 is 1.15 bits per heavy atom. The number of alkyl halides is 1. The molecule has 0 amide bonds. The van der Waals surface area contributed by atoms with E-state index in [0.29, 0.717) is 0 Å². The summed E-state index contributed by atoms with van der Waals surface area (Å²) in [6.07, 6.45) is 2.38. The maximum atomic E-state index is 6.41. The van der Waals surface area contributed by atoms with Crippen LogP contribution in [-0.4, -0.2) is 7.11 Å². The molecule has 1 nitrogen and oxygen atoms in total. The third-order valence-corrected chi connectivity index (χ3v) is 5.80. The second-order valence-corrected chi connectivity index (χ2v) is 6.60. The van der Waals surface area contributed by atoms with E-state index >= 15 is 0 Å². The van der Waals surface area contributed by atoms with Crippen LogP contribution in [0.3, 0.4) is 0 Å². The monoisotopic (exact) mass is 350 g/mol. The van der Waals surface area contributed by atoms with Crippen LogP contribution in [0.4, 0.5) is 0 Å². The Balaban J connectivity index is 1.95.